The summed E-state index contributed by atoms with van der Waals surface area (Å²) in [6.07, 6.45) is 0. The minimum absolute atomic E-state index is 0.0620. The van der Waals surface area contributed by atoms with Gasteiger partial charge in [-0.2, -0.15) is 8.78 Å². The van der Waals surface area contributed by atoms with Gasteiger partial charge in [-0.25, -0.2) is 4.79 Å². The van der Waals surface area contributed by atoms with Gasteiger partial charge in [0, 0.05) is 6.04 Å². The van der Waals surface area contributed by atoms with Gasteiger partial charge in [-0.1, -0.05) is 26.0 Å². The van der Waals surface area contributed by atoms with Gasteiger partial charge in [-0.15, -0.1) is 0 Å². The molecule has 0 spiro atoms. The van der Waals surface area contributed by atoms with Crippen LogP contribution in [0.4, 0.5) is 13.6 Å². The van der Waals surface area contributed by atoms with E-state index in [1.54, 1.807) is 0 Å². The van der Waals surface area contributed by atoms with Gasteiger partial charge >= 0.3 is 12.6 Å². The molecule has 0 saturated carbocycles. The number of carbonyl (C=O) groups is 3. The van der Waals surface area contributed by atoms with Crippen LogP contribution in [0.2, 0.25) is 0 Å². The van der Waals surface area contributed by atoms with E-state index in [0.29, 0.717) is 5.56 Å². The van der Waals surface area contributed by atoms with Crippen molar-refractivity contribution in [2.24, 2.45) is 5.92 Å². The van der Waals surface area contributed by atoms with Gasteiger partial charge in [-0.05, 0) is 37.5 Å². The van der Waals surface area contributed by atoms with Crippen molar-refractivity contribution in [1.29, 1.82) is 0 Å². The maximum Gasteiger partial charge on any atom is 0.387 e. The number of urea groups is 1. The molecule has 1 aromatic carbocycles. The highest BCUT2D eigenvalue weighted by molar-refractivity contribution is 6.09. The highest BCUT2D eigenvalue weighted by atomic mass is 19.3. The summed E-state index contributed by atoms with van der Waals surface area (Å²) in [5, 5.41) is 5.30. The lowest BCUT2D eigenvalue weighted by Gasteiger charge is -2.23. The molecule has 1 aliphatic rings. The van der Waals surface area contributed by atoms with Crippen molar-refractivity contribution in [1.82, 2.24) is 15.5 Å². The first kappa shape index (κ1) is 20.6. The Morgan fingerprint density at radius 3 is 2.33 bits per heavy atom. The fourth-order valence-corrected chi connectivity index (χ4v) is 2.62. The third-order valence-corrected chi connectivity index (χ3v) is 4.62. The van der Waals surface area contributed by atoms with Gasteiger partial charge < -0.3 is 15.4 Å². The number of halogens is 2. The van der Waals surface area contributed by atoms with Gasteiger partial charge in [0.1, 0.15) is 17.8 Å². The second kappa shape index (κ2) is 7.89. The molecule has 0 radical (unpaired) electrons. The van der Waals surface area contributed by atoms with Crippen molar-refractivity contribution in [3.63, 3.8) is 0 Å². The molecule has 0 unspecified atom stereocenters. The van der Waals surface area contributed by atoms with Crippen LogP contribution in [-0.4, -0.2) is 41.9 Å². The molecule has 0 aliphatic carbocycles. The number of hydrogen-bond acceptors (Lipinski definition) is 4. The minimum Gasteiger partial charge on any atom is -0.435 e. The molecule has 2 atom stereocenters. The van der Waals surface area contributed by atoms with Gasteiger partial charge in [0.15, 0.2) is 0 Å². The third-order valence-electron chi connectivity index (χ3n) is 4.62. The second-order valence-electron chi connectivity index (χ2n) is 6.95. The largest absolute Gasteiger partial charge is 0.435 e. The second-order valence-corrected chi connectivity index (χ2v) is 6.95. The van der Waals surface area contributed by atoms with Crippen molar-refractivity contribution >= 4 is 17.8 Å². The van der Waals surface area contributed by atoms with E-state index in [4.69, 9.17) is 0 Å². The summed E-state index contributed by atoms with van der Waals surface area (Å²) in [5.74, 6) is -0.892. The van der Waals surface area contributed by atoms with Crippen molar-refractivity contribution in [3.8, 4) is 5.75 Å². The van der Waals surface area contributed by atoms with Crippen LogP contribution >= 0.6 is 0 Å². The van der Waals surface area contributed by atoms with E-state index in [2.05, 4.69) is 15.4 Å². The van der Waals surface area contributed by atoms with Crippen LogP contribution in [0.25, 0.3) is 0 Å². The molecule has 2 rings (SSSR count). The van der Waals surface area contributed by atoms with E-state index in [-0.39, 0.29) is 17.7 Å². The van der Waals surface area contributed by atoms with Crippen LogP contribution in [0.3, 0.4) is 0 Å². The number of nitrogens with zero attached hydrogens (tertiary/aromatic N) is 1. The van der Waals surface area contributed by atoms with Crippen molar-refractivity contribution in [2.45, 2.75) is 45.9 Å². The Morgan fingerprint density at radius 2 is 1.81 bits per heavy atom. The summed E-state index contributed by atoms with van der Waals surface area (Å²) in [7, 11) is 0. The fourth-order valence-electron chi connectivity index (χ4n) is 2.62. The summed E-state index contributed by atoms with van der Waals surface area (Å²) in [6, 6.07) is 4.60. The average Bonchev–Trinajstić information content (AvgIpc) is 2.79. The number of nitrogens with one attached hydrogen (secondary N) is 2. The van der Waals surface area contributed by atoms with E-state index in [1.165, 1.54) is 31.2 Å². The topological polar surface area (TPSA) is 87.7 Å². The first-order chi connectivity index (χ1) is 12.5. The van der Waals surface area contributed by atoms with Crippen LogP contribution in [0.1, 0.15) is 33.3 Å². The average molecular weight is 383 g/mol. The van der Waals surface area contributed by atoms with Gasteiger partial charge in [0.2, 0.25) is 5.91 Å². The number of imide groups is 1. The predicted molar refractivity (Wildman–Crippen MR) is 93.1 cm³/mol. The summed E-state index contributed by atoms with van der Waals surface area (Å²) in [4.78, 5) is 38.0. The number of carbonyl (C=O) groups excluding carboxylic acids is 3. The van der Waals surface area contributed by atoms with Crippen LogP contribution in [0.15, 0.2) is 24.3 Å². The number of amides is 4. The van der Waals surface area contributed by atoms with Crippen LogP contribution < -0.4 is 15.4 Å². The lowest BCUT2D eigenvalue weighted by atomic mass is 9.92. The molecular weight excluding hydrogens is 360 g/mol. The van der Waals surface area contributed by atoms with E-state index >= 15 is 0 Å². The molecular formula is C18H23F2N3O4. The van der Waals surface area contributed by atoms with Gasteiger partial charge in [0.25, 0.3) is 5.91 Å². The van der Waals surface area contributed by atoms with Crippen LogP contribution in [0.5, 0.6) is 5.75 Å². The molecule has 148 valence electrons. The Balaban J connectivity index is 2.12. The van der Waals surface area contributed by atoms with Crippen LogP contribution in [0, 0.1) is 5.92 Å². The third kappa shape index (κ3) is 4.53. The smallest absolute Gasteiger partial charge is 0.387 e. The molecule has 1 fully saturated rings. The van der Waals surface area contributed by atoms with E-state index < -0.39 is 36.5 Å². The van der Waals surface area contributed by atoms with Crippen molar-refractivity contribution in [2.75, 3.05) is 6.54 Å². The van der Waals surface area contributed by atoms with Crippen molar-refractivity contribution in [3.05, 3.63) is 29.8 Å². The number of hydrogen-bond donors (Lipinski definition) is 2. The Kier molecular flexibility index (Phi) is 6.02. The van der Waals surface area contributed by atoms with Crippen LogP contribution in [-0.2, 0) is 15.1 Å². The zero-order chi connectivity index (χ0) is 20.4. The lowest BCUT2D eigenvalue weighted by molar-refractivity contribution is -0.135. The fraction of sp³-hybridized carbons (Fsp3) is 0.500. The molecule has 1 aliphatic heterocycles. The molecule has 4 amide bonds. The van der Waals surface area contributed by atoms with Gasteiger partial charge in [0.05, 0.1) is 0 Å². The first-order valence-corrected chi connectivity index (χ1v) is 8.53. The zero-order valence-corrected chi connectivity index (χ0v) is 15.6. The number of rotatable bonds is 7. The highest BCUT2D eigenvalue weighted by Gasteiger charge is 2.49. The molecule has 1 saturated heterocycles. The normalized spacial score (nSPS) is 20.8. The minimum atomic E-state index is -2.96. The maximum absolute atomic E-state index is 12.8. The molecule has 1 aromatic rings. The summed E-state index contributed by atoms with van der Waals surface area (Å²) >= 11 is 0. The SMILES string of the molecule is CC(C)[C@@H](C)NC(=O)CN1C(=O)N[C@@](C)(c2ccc(OC(F)F)cc2)C1=O. The van der Waals surface area contributed by atoms with Gasteiger partial charge in [-0.3, -0.25) is 14.5 Å². The molecule has 0 bridgehead atoms. The zero-order valence-electron chi connectivity index (χ0n) is 15.6. The Labute approximate surface area is 156 Å². The number of alkyl halides is 2. The number of benzene rings is 1. The Hall–Kier alpha value is -2.71. The molecule has 7 nitrogen and oxygen atoms in total. The predicted octanol–water partition coefficient (Wildman–Crippen LogP) is 2.22. The Bertz CT molecular complexity index is 724. The summed E-state index contributed by atoms with van der Waals surface area (Å²) in [6.45, 7) is 3.85. The van der Waals surface area contributed by atoms with Crippen molar-refractivity contribution < 1.29 is 27.9 Å². The Morgan fingerprint density at radius 1 is 1.22 bits per heavy atom. The standard InChI is InChI=1S/C18H23F2N3O4/c1-10(2)11(3)21-14(24)9-23-15(25)18(4,22-17(23)26)12-5-7-13(8-6-12)27-16(19)20/h5-8,10-11,16H,9H2,1-4H3,(H,21,24)(H,22,26)/t11-,18+/m1/s1. The molecule has 0 aromatic heterocycles. The summed E-state index contributed by atoms with van der Waals surface area (Å²) < 4.78 is 28.8. The molecule has 1 heterocycles. The molecule has 9 heteroatoms. The lowest BCUT2D eigenvalue weighted by Crippen LogP contribution is -2.45. The molecule has 27 heavy (non-hydrogen) atoms. The quantitative estimate of drug-likeness (QED) is 0.707. The first-order valence-electron chi connectivity index (χ1n) is 8.53. The van der Waals surface area contributed by atoms with E-state index in [0.717, 1.165) is 4.90 Å². The molecule has 2 N–H and O–H groups in total. The summed E-state index contributed by atoms with van der Waals surface area (Å²) in [5.41, 5.74) is -1.01. The van der Waals surface area contributed by atoms with E-state index in [9.17, 15) is 23.2 Å². The highest BCUT2D eigenvalue weighted by Crippen LogP contribution is 2.30. The monoisotopic (exact) mass is 383 g/mol. The maximum atomic E-state index is 12.8. The van der Waals surface area contributed by atoms with E-state index in [1.807, 2.05) is 20.8 Å². The number of ether oxygens (including phenoxy) is 1.